The minimum Gasteiger partial charge on any atom is -0.462 e. The number of esters is 1. The van der Waals surface area contributed by atoms with Gasteiger partial charge in [0.1, 0.15) is 5.00 Å². The SMILES string of the molecule is CCOC(=O)c1cnc(N(C)c2sc3c(c2C)C(C)(C)CCC3(C)C)nc1. The smallest absolute Gasteiger partial charge is 0.341 e. The van der Waals surface area contributed by atoms with Crippen LogP contribution in [-0.4, -0.2) is 29.6 Å². The monoisotopic (exact) mass is 387 g/mol. The molecule has 3 rings (SSSR count). The van der Waals surface area contributed by atoms with Gasteiger partial charge >= 0.3 is 5.97 Å². The van der Waals surface area contributed by atoms with Gasteiger partial charge < -0.3 is 9.64 Å². The van der Waals surface area contributed by atoms with Crippen molar-refractivity contribution in [3.05, 3.63) is 34.0 Å². The maximum absolute atomic E-state index is 11.8. The normalized spacial score (nSPS) is 17.3. The van der Waals surface area contributed by atoms with Crippen LogP contribution in [0.2, 0.25) is 0 Å². The Labute approximate surface area is 165 Å². The summed E-state index contributed by atoms with van der Waals surface area (Å²) in [5.41, 5.74) is 3.54. The van der Waals surface area contributed by atoms with Crippen molar-refractivity contribution in [2.24, 2.45) is 0 Å². The minimum absolute atomic E-state index is 0.180. The molecule has 2 aromatic heterocycles. The fourth-order valence-electron chi connectivity index (χ4n) is 3.88. The molecule has 1 aliphatic rings. The van der Waals surface area contributed by atoms with Gasteiger partial charge in [0, 0.05) is 24.3 Å². The molecule has 146 valence electrons. The molecule has 0 saturated heterocycles. The highest BCUT2D eigenvalue weighted by Crippen LogP contribution is 2.53. The molecule has 27 heavy (non-hydrogen) atoms. The van der Waals surface area contributed by atoms with Crippen LogP contribution in [0.15, 0.2) is 12.4 Å². The zero-order chi connectivity index (χ0) is 20.0. The molecule has 0 N–H and O–H groups in total. The van der Waals surface area contributed by atoms with Gasteiger partial charge in [-0.15, -0.1) is 11.3 Å². The maximum Gasteiger partial charge on any atom is 0.341 e. The molecule has 0 fully saturated rings. The Hall–Kier alpha value is -1.95. The number of rotatable bonds is 4. The Balaban J connectivity index is 1.98. The summed E-state index contributed by atoms with van der Waals surface area (Å²) < 4.78 is 5.00. The predicted octanol–water partition coefficient (Wildman–Crippen LogP) is 5.14. The second-order valence-electron chi connectivity index (χ2n) is 8.56. The van der Waals surface area contributed by atoms with Gasteiger partial charge in [-0.3, -0.25) is 0 Å². The molecule has 0 spiro atoms. The van der Waals surface area contributed by atoms with E-state index in [9.17, 15) is 4.79 Å². The summed E-state index contributed by atoms with van der Waals surface area (Å²) in [4.78, 5) is 24.1. The van der Waals surface area contributed by atoms with Gasteiger partial charge in [-0.2, -0.15) is 0 Å². The highest BCUT2D eigenvalue weighted by molar-refractivity contribution is 7.16. The molecule has 1 aliphatic carbocycles. The first kappa shape index (κ1) is 19.8. The zero-order valence-electron chi connectivity index (χ0n) is 17.3. The number of aromatic nitrogens is 2. The number of fused-ring (bicyclic) bond motifs is 1. The molecule has 0 unspecified atom stereocenters. The Kier molecular flexibility index (Phi) is 5.06. The first-order valence-electron chi connectivity index (χ1n) is 9.45. The molecule has 2 heterocycles. The van der Waals surface area contributed by atoms with E-state index >= 15 is 0 Å². The number of nitrogens with zero attached hydrogens (tertiary/aromatic N) is 3. The highest BCUT2D eigenvalue weighted by Gasteiger charge is 2.41. The van der Waals surface area contributed by atoms with Crippen LogP contribution in [0, 0.1) is 6.92 Å². The number of ether oxygens (including phenoxy) is 1. The van der Waals surface area contributed by atoms with Crippen molar-refractivity contribution in [1.82, 2.24) is 9.97 Å². The molecule has 0 aliphatic heterocycles. The van der Waals surface area contributed by atoms with Crippen LogP contribution in [0.1, 0.15) is 73.8 Å². The van der Waals surface area contributed by atoms with E-state index in [2.05, 4.69) is 44.6 Å². The van der Waals surface area contributed by atoms with Crippen molar-refractivity contribution < 1.29 is 9.53 Å². The minimum atomic E-state index is -0.391. The summed E-state index contributed by atoms with van der Waals surface area (Å²) in [6, 6.07) is 0. The Morgan fingerprint density at radius 3 is 2.33 bits per heavy atom. The van der Waals surface area contributed by atoms with Crippen LogP contribution in [0.3, 0.4) is 0 Å². The van der Waals surface area contributed by atoms with Crippen molar-refractivity contribution in [2.45, 2.75) is 65.2 Å². The third-order valence-electron chi connectivity index (χ3n) is 5.54. The van der Waals surface area contributed by atoms with Crippen LogP contribution in [0.4, 0.5) is 10.9 Å². The molecule has 2 aromatic rings. The Morgan fingerprint density at radius 1 is 1.19 bits per heavy atom. The molecule has 0 radical (unpaired) electrons. The lowest BCUT2D eigenvalue weighted by Crippen LogP contribution is -2.32. The number of anilines is 2. The molecule has 0 amide bonds. The van der Waals surface area contributed by atoms with E-state index in [0.29, 0.717) is 18.1 Å². The van der Waals surface area contributed by atoms with Crippen molar-refractivity contribution >= 4 is 28.3 Å². The summed E-state index contributed by atoms with van der Waals surface area (Å²) in [6.07, 6.45) is 5.46. The van der Waals surface area contributed by atoms with Crippen molar-refractivity contribution in [1.29, 1.82) is 0 Å². The number of hydrogen-bond donors (Lipinski definition) is 0. The third-order valence-corrected chi connectivity index (χ3v) is 7.28. The van der Waals surface area contributed by atoms with Gasteiger partial charge in [0.15, 0.2) is 0 Å². The van der Waals surface area contributed by atoms with Gasteiger partial charge in [-0.25, -0.2) is 14.8 Å². The molecule has 5 nitrogen and oxygen atoms in total. The predicted molar refractivity (Wildman–Crippen MR) is 110 cm³/mol. The van der Waals surface area contributed by atoms with Crippen molar-refractivity contribution in [2.75, 3.05) is 18.6 Å². The van der Waals surface area contributed by atoms with Gasteiger partial charge in [0.05, 0.1) is 12.2 Å². The first-order valence-corrected chi connectivity index (χ1v) is 10.3. The second-order valence-corrected chi connectivity index (χ2v) is 9.55. The van der Waals surface area contributed by atoms with Gasteiger partial charge in [-0.1, -0.05) is 27.7 Å². The van der Waals surface area contributed by atoms with Crippen LogP contribution in [-0.2, 0) is 15.6 Å². The maximum atomic E-state index is 11.8. The topological polar surface area (TPSA) is 55.3 Å². The van der Waals surface area contributed by atoms with E-state index in [1.54, 1.807) is 6.92 Å². The fourth-order valence-corrected chi connectivity index (χ4v) is 5.46. The average molecular weight is 388 g/mol. The van der Waals surface area contributed by atoms with E-state index in [-0.39, 0.29) is 10.8 Å². The summed E-state index contributed by atoms with van der Waals surface area (Å²) >= 11 is 1.85. The second kappa shape index (κ2) is 6.89. The van der Waals surface area contributed by atoms with E-state index in [4.69, 9.17) is 4.74 Å². The lowest BCUT2D eigenvalue weighted by atomic mass is 9.66. The molecular weight excluding hydrogens is 358 g/mol. The van der Waals surface area contributed by atoms with Gasteiger partial charge in [-0.05, 0) is 48.6 Å². The molecule has 0 bridgehead atoms. The number of thiophene rings is 1. The number of carbonyl (C=O) groups excluding carboxylic acids is 1. The molecular formula is C21H29N3O2S. The summed E-state index contributed by atoms with van der Waals surface area (Å²) in [7, 11) is 1.99. The van der Waals surface area contributed by atoms with Crippen LogP contribution in [0.5, 0.6) is 0 Å². The van der Waals surface area contributed by atoms with E-state index in [1.807, 2.05) is 23.3 Å². The van der Waals surface area contributed by atoms with Crippen molar-refractivity contribution in [3.8, 4) is 0 Å². The lowest BCUT2D eigenvalue weighted by molar-refractivity contribution is 0.0525. The van der Waals surface area contributed by atoms with Gasteiger partial charge in [0.25, 0.3) is 0 Å². The third kappa shape index (κ3) is 3.47. The fraction of sp³-hybridized carbons (Fsp3) is 0.571. The van der Waals surface area contributed by atoms with Crippen molar-refractivity contribution in [3.63, 3.8) is 0 Å². The molecule has 0 aromatic carbocycles. The largest absolute Gasteiger partial charge is 0.462 e. The number of hydrogen-bond acceptors (Lipinski definition) is 6. The van der Waals surface area contributed by atoms with E-state index in [0.717, 1.165) is 0 Å². The molecule has 0 atom stereocenters. The lowest BCUT2D eigenvalue weighted by Gasteiger charge is -2.39. The van der Waals surface area contributed by atoms with Crippen LogP contribution in [0.25, 0.3) is 0 Å². The zero-order valence-corrected chi connectivity index (χ0v) is 18.2. The van der Waals surface area contributed by atoms with Crippen LogP contribution < -0.4 is 4.90 Å². The Morgan fingerprint density at radius 2 is 1.78 bits per heavy atom. The Bertz CT molecular complexity index is 853. The molecule has 0 saturated carbocycles. The number of carbonyl (C=O) groups is 1. The quantitative estimate of drug-likeness (QED) is 0.680. The standard InChI is InChI=1S/C21H29N3O2S/c1-8-26-18(25)14-11-22-19(23-12-14)24(7)17-13(2)15-16(27-17)21(5,6)10-9-20(15,3)4/h11-12H,8-10H2,1-7H3. The first-order chi connectivity index (χ1) is 12.6. The van der Waals surface area contributed by atoms with E-state index in [1.165, 1.54) is 46.2 Å². The average Bonchev–Trinajstić information content (AvgIpc) is 2.98. The summed E-state index contributed by atoms with van der Waals surface area (Å²) in [6.45, 7) is 13.7. The van der Waals surface area contributed by atoms with Gasteiger partial charge in [0.2, 0.25) is 5.95 Å². The van der Waals surface area contributed by atoms with E-state index < -0.39 is 5.97 Å². The summed E-state index contributed by atoms with van der Waals surface area (Å²) in [5.74, 6) is 0.193. The highest BCUT2D eigenvalue weighted by atomic mass is 32.1. The summed E-state index contributed by atoms with van der Waals surface area (Å²) in [5, 5.41) is 1.17. The molecule has 6 heteroatoms. The van der Waals surface area contributed by atoms with Crippen LogP contribution >= 0.6 is 11.3 Å².